The molecule has 1 aliphatic heterocycles. The van der Waals surface area contributed by atoms with Crippen LogP contribution < -0.4 is 10.7 Å². The molecule has 0 saturated heterocycles. The lowest BCUT2D eigenvalue weighted by molar-refractivity contribution is -0.121. The van der Waals surface area contributed by atoms with Crippen LogP contribution in [0, 0.1) is 5.92 Å². The third kappa shape index (κ3) is 2.90. The zero-order valence-electron chi connectivity index (χ0n) is 12.0. The first-order valence-electron chi connectivity index (χ1n) is 6.94. The number of anilines is 1. The molecule has 0 fully saturated rings. The summed E-state index contributed by atoms with van der Waals surface area (Å²) in [6.45, 7) is 1.96. The van der Waals surface area contributed by atoms with Gasteiger partial charge >= 0.3 is 0 Å². The molecule has 1 aromatic heterocycles. The van der Waals surface area contributed by atoms with Gasteiger partial charge in [-0.2, -0.15) is 5.10 Å². The maximum Gasteiger partial charge on any atom is 0.258 e. The van der Waals surface area contributed by atoms with Crippen LogP contribution in [0.5, 0.6) is 0 Å². The Labute approximate surface area is 127 Å². The van der Waals surface area contributed by atoms with Gasteiger partial charge in [0, 0.05) is 18.0 Å². The Bertz CT molecular complexity index is 718. The molecule has 112 valence electrons. The van der Waals surface area contributed by atoms with E-state index in [4.69, 9.17) is 4.42 Å². The highest BCUT2D eigenvalue weighted by atomic mass is 16.3. The van der Waals surface area contributed by atoms with Gasteiger partial charge in [0.1, 0.15) is 6.26 Å². The van der Waals surface area contributed by atoms with Gasteiger partial charge in [0.25, 0.3) is 5.91 Å². The summed E-state index contributed by atoms with van der Waals surface area (Å²) in [7, 11) is 0. The fourth-order valence-electron chi connectivity index (χ4n) is 2.32. The molecular formula is C16H15N3O3. The summed E-state index contributed by atoms with van der Waals surface area (Å²) in [5.41, 5.74) is 5.41. The van der Waals surface area contributed by atoms with Crippen molar-refractivity contribution in [3.8, 4) is 0 Å². The fraction of sp³-hybridized carbons (Fsp3) is 0.188. The molecule has 2 heterocycles. The Morgan fingerprint density at radius 2 is 2.09 bits per heavy atom. The predicted molar refractivity (Wildman–Crippen MR) is 81.6 cm³/mol. The van der Waals surface area contributed by atoms with Gasteiger partial charge in [-0.25, -0.2) is 5.43 Å². The number of nitrogens with zero attached hydrogens (tertiary/aromatic N) is 1. The number of nitrogens with one attached hydrogen (secondary N) is 2. The van der Waals surface area contributed by atoms with Crippen molar-refractivity contribution < 1.29 is 14.0 Å². The van der Waals surface area contributed by atoms with Crippen LogP contribution in [0.1, 0.15) is 29.3 Å². The highest BCUT2D eigenvalue weighted by molar-refractivity contribution is 6.07. The van der Waals surface area contributed by atoms with Crippen molar-refractivity contribution in [1.82, 2.24) is 5.43 Å². The largest absolute Gasteiger partial charge is 0.472 e. The molecule has 3 rings (SSSR count). The van der Waals surface area contributed by atoms with Crippen LogP contribution in [0.4, 0.5) is 5.69 Å². The fourth-order valence-corrected chi connectivity index (χ4v) is 2.32. The molecule has 0 saturated carbocycles. The van der Waals surface area contributed by atoms with Crippen molar-refractivity contribution in [3.63, 3.8) is 0 Å². The monoisotopic (exact) mass is 297 g/mol. The van der Waals surface area contributed by atoms with E-state index < -0.39 is 0 Å². The number of benzene rings is 1. The van der Waals surface area contributed by atoms with Gasteiger partial charge in [-0.3, -0.25) is 9.59 Å². The molecule has 6 nitrogen and oxygen atoms in total. The Morgan fingerprint density at radius 1 is 1.32 bits per heavy atom. The molecule has 0 aliphatic carbocycles. The summed E-state index contributed by atoms with van der Waals surface area (Å²) in [5, 5.41) is 6.89. The summed E-state index contributed by atoms with van der Waals surface area (Å²) in [4.78, 5) is 23.2. The lowest BCUT2D eigenvalue weighted by Crippen LogP contribution is -2.31. The van der Waals surface area contributed by atoms with Crippen molar-refractivity contribution in [2.75, 3.05) is 5.32 Å². The molecule has 1 unspecified atom stereocenters. The Morgan fingerprint density at radius 3 is 2.73 bits per heavy atom. The molecule has 2 aromatic rings. The molecule has 0 bridgehead atoms. The molecular weight excluding hydrogens is 282 g/mol. The summed E-state index contributed by atoms with van der Waals surface area (Å²) in [6, 6.07) is 8.96. The lowest BCUT2D eigenvalue weighted by Gasteiger charge is -2.19. The van der Waals surface area contributed by atoms with Gasteiger partial charge in [-0.15, -0.1) is 0 Å². The van der Waals surface area contributed by atoms with Crippen molar-refractivity contribution in [1.29, 1.82) is 0 Å². The van der Waals surface area contributed by atoms with Crippen LogP contribution in [0.2, 0.25) is 0 Å². The summed E-state index contributed by atoms with van der Waals surface area (Å²) in [6.07, 6.45) is 3.28. The minimum absolute atomic E-state index is 0.0692. The molecule has 0 spiro atoms. The molecule has 2 amide bonds. The van der Waals surface area contributed by atoms with Gasteiger partial charge in [0.2, 0.25) is 5.91 Å². The van der Waals surface area contributed by atoms with E-state index in [1.165, 1.54) is 12.5 Å². The first kappa shape index (κ1) is 14.1. The van der Waals surface area contributed by atoms with Gasteiger partial charge in [0.05, 0.1) is 17.5 Å². The molecule has 1 aliphatic rings. The number of amides is 2. The minimum Gasteiger partial charge on any atom is -0.472 e. The second-order valence-corrected chi connectivity index (χ2v) is 5.18. The van der Waals surface area contributed by atoms with E-state index in [0.29, 0.717) is 17.7 Å². The van der Waals surface area contributed by atoms with E-state index in [0.717, 1.165) is 11.3 Å². The van der Waals surface area contributed by atoms with E-state index in [9.17, 15) is 9.59 Å². The van der Waals surface area contributed by atoms with E-state index >= 15 is 0 Å². The summed E-state index contributed by atoms with van der Waals surface area (Å²) >= 11 is 0. The topological polar surface area (TPSA) is 83.7 Å². The summed E-state index contributed by atoms with van der Waals surface area (Å²) < 4.78 is 4.88. The molecule has 2 N–H and O–H groups in total. The molecule has 22 heavy (non-hydrogen) atoms. The summed E-state index contributed by atoms with van der Waals surface area (Å²) in [5.74, 6) is -0.225. The zero-order valence-corrected chi connectivity index (χ0v) is 12.0. The SMILES string of the molecule is CC1CC(=O)NN=C1c1ccc(NC(=O)c2ccoc2)cc1. The van der Waals surface area contributed by atoms with E-state index in [1.807, 2.05) is 19.1 Å². The normalized spacial score (nSPS) is 17.6. The number of carbonyl (C=O) groups is 2. The number of rotatable bonds is 3. The van der Waals surface area contributed by atoms with E-state index in [2.05, 4.69) is 15.8 Å². The Balaban J connectivity index is 1.73. The van der Waals surface area contributed by atoms with Crippen LogP contribution in [-0.2, 0) is 4.79 Å². The predicted octanol–water partition coefficient (Wildman–Crippen LogP) is 2.39. The highest BCUT2D eigenvalue weighted by Gasteiger charge is 2.21. The van der Waals surface area contributed by atoms with Crippen LogP contribution in [0.15, 0.2) is 52.4 Å². The van der Waals surface area contributed by atoms with Crippen LogP contribution in [0.3, 0.4) is 0 Å². The average molecular weight is 297 g/mol. The number of hydrogen-bond acceptors (Lipinski definition) is 4. The standard InChI is InChI=1S/C16H15N3O3/c1-10-8-14(20)18-19-15(10)11-2-4-13(5-3-11)17-16(21)12-6-7-22-9-12/h2-7,9-10H,8H2,1H3,(H,17,21)(H,18,20). The third-order valence-corrected chi connectivity index (χ3v) is 3.48. The van der Waals surface area contributed by atoms with Crippen LogP contribution in [-0.4, -0.2) is 17.5 Å². The molecule has 6 heteroatoms. The van der Waals surface area contributed by atoms with Crippen molar-refractivity contribution in [2.24, 2.45) is 11.0 Å². The van der Waals surface area contributed by atoms with Gasteiger partial charge in [0.15, 0.2) is 0 Å². The van der Waals surface area contributed by atoms with Gasteiger partial charge < -0.3 is 9.73 Å². The van der Waals surface area contributed by atoms with Gasteiger partial charge in [-0.05, 0) is 23.8 Å². The Hall–Kier alpha value is -2.89. The molecule has 0 radical (unpaired) electrons. The van der Waals surface area contributed by atoms with Crippen molar-refractivity contribution in [3.05, 3.63) is 54.0 Å². The van der Waals surface area contributed by atoms with Crippen LogP contribution in [0.25, 0.3) is 0 Å². The van der Waals surface area contributed by atoms with Crippen molar-refractivity contribution >= 4 is 23.2 Å². The van der Waals surface area contributed by atoms with Crippen molar-refractivity contribution in [2.45, 2.75) is 13.3 Å². The maximum absolute atomic E-state index is 11.9. The first-order chi connectivity index (χ1) is 10.6. The van der Waals surface area contributed by atoms with Crippen LogP contribution >= 0.6 is 0 Å². The van der Waals surface area contributed by atoms with E-state index in [1.54, 1.807) is 18.2 Å². The molecule has 1 aromatic carbocycles. The second-order valence-electron chi connectivity index (χ2n) is 5.18. The Kier molecular flexibility index (Phi) is 3.74. The molecule has 1 atom stereocenters. The second kappa shape index (κ2) is 5.85. The quantitative estimate of drug-likeness (QED) is 0.912. The highest BCUT2D eigenvalue weighted by Crippen LogP contribution is 2.18. The van der Waals surface area contributed by atoms with E-state index in [-0.39, 0.29) is 17.7 Å². The number of hydrogen-bond donors (Lipinski definition) is 2. The third-order valence-electron chi connectivity index (χ3n) is 3.48. The first-order valence-corrected chi connectivity index (χ1v) is 6.94. The number of furan rings is 1. The lowest BCUT2D eigenvalue weighted by atomic mass is 9.94. The minimum atomic E-state index is -0.225. The number of hydrazone groups is 1. The van der Waals surface area contributed by atoms with Gasteiger partial charge in [-0.1, -0.05) is 19.1 Å². The maximum atomic E-state index is 11.9. The number of carbonyl (C=O) groups excluding carboxylic acids is 2. The zero-order chi connectivity index (χ0) is 15.5. The smallest absolute Gasteiger partial charge is 0.258 e. The average Bonchev–Trinajstić information content (AvgIpc) is 3.03.